The summed E-state index contributed by atoms with van der Waals surface area (Å²) < 4.78 is 5.80. The van der Waals surface area contributed by atoms with Crippen molar-refractivity contribution in [1.82, 2.24) is 0 Å². The molecule has 3 rings (SSSR count). The lowest BCUT2D eigenvalue weighted by atomic mass is 9.79. The highest BCUT2D eigenvalue weighted by molar-refractivity contribution is 5.37. The van der Waals surface area contributed by atoms with Gasteiger partial charge in [-0.3, -0.25) is 0 Å². The highest BCUT2D eigenvalue weighted by Crippen LogP contribution is 2.36. The Hall–Kier alpha value is -2.20. The number of aryl methyl sites for hydroxylation is 1. The summed E-state index contributed by atoms with van der Waals surface area (Å²) in [6, 6.07) is 17.8. The van der Waals surface area contributed by atoms with Crippen LogP contribution in [0, 0.1) is 17.8 Å². The van der Waals surface area contributed by atoms with Crippen molar-refractivity contribution in [2.75, 3.05) is 6.61 Å². The zero-order valence-electron chi connectivity index (χ0n) is 19.7. The molecule has 0 aliphatic heterocycles. The van der Waals surface area contributed by atoms with Crippen LogP contribution in [-0.2, 0) is 6.42 Å². The molecule has 0 unspecified atom stereocenters. The first kappa shape index (κ1) is 23.5. The van der Waals surface area contributed by atoms with E-state index in [0.717, 1.165) is 24.3 Å². The van der Waals surface area contributed by atoms with Crippen molar-refractivity contribution >= 4 is 0 Å². The zero-order chi connectivity index (χ0) is 21.7. The van der Waals surface area contributed by atoms with Gasteiger partial charge in [0.2, 0.25) is 0 Å². The number of unbranched alkanes of at least 4 members (excludes halogenated alkanes) is 4. The summed E-state index contributed by atoms with van der Waals surface area (Å²) in [7, 11) is 0. The van der Waals surface area contributed by atoms with E-state index in [2.05, 4.69) is 74.2 Å². The van der Waals surface area contributed by atoms with Gasteiger partial charge in [-0.1, -0.05) is 75.6 Å². The highest BCUT2D eigenvalue weighted by Gasteiger charge is 2.21. The standard InChI is InChI=1S/C30H40O/c1-3-5-7-8-9-25-10-12-26(13-11-25)14-15-27-16-18-28(19-17-27)29-20-22-30(23-21-29)31-24-6-4-2/h10-13,20-23,27-28H,3-9,16-19,24H2,1-2H3/t27-,28-. The molecule has 166 valence electrons. The van der Waals surface area contributed by atoms with Crippen LogP contribution in [0.25, 0.3) is 0 Å². The third-order valence-electron chi connectivity index (χ3n) is 6.54. The van der Waals surface area contributed by atoms with Crippen LogP contribution in [0.15, 0.2) is 48.5 Å². The molecular formula is C30H40O. The number of hydrogen-bond acceptors (Lipinski definition) is 1. The first-order valence-electron chi connectivity index (χ1n) is 12.6. The molecule has 0 atom stereocenters. The Morgan fingerprint density at radius 2 is 1.48 bits per heavy atom. The van der Waals surface area contributed by atoms with Gasteiger partial charge in [-0.15, -0.1) is 0 Å². The summed E-state index contributed by atoms with van der Waals surface area (Å²) in [5.41, 5.74) is 4.07. The lowest BCUT2D eigenvalue weighted by Crippen LogP contribution is -2.12. The van der Waals surface area contributed by atoms with Gasteiger partial charge in [-0.2, -0.15) is 0 Å². The van der Waals surface area contributed by atoms with Crippen LogP contribution in [0.5, 0.6) is 5.75 Å². The third kappa shape index (κ3) is 8.10. The Morgan fingerprint density at radius 3 is 2.16 bits per heavy atom. The van der Waals surface area contributed by atoms with E-state index in [1.165, 1.54) is 75.3 Å². The van der Waals surface area contributed by atoms with Gasteiger partial charge in [0.05, 0.1) is 6.61 Å². The van der Waals surface area contributed by atoms with Gasteiger partial charge in [-0.25, -0.2) is 0 Å². The molecule has 0 heterocycles. The fraction of sp³-hybridized carbons (Fsp3) is 0.533. The van der Waals surface area contributed by atoms with Crippen LogP contribution >= 0.6 is 0 Å². The minimum atomic E-state index is 0.543. The first-order valence-corrected chi connectivity index (χ1v) is 12.6. The summed E-state index contributed by atoms with van der Waals surface area (Å²) in [4.78, 5) is 0. The van der Waals surface area contributed by atoms with Gasteiger partial charge in [0, 0.05) is 11.5 Å². The van der Waals surface area contributed by atoms with Crippen LogP contribution in [0.1, 0.15) is 101 Å². The van der Waals surface area contributed by atoms with E-state index in [-0.39, 0.29) is 0 Å². The van der Waals surface area contributed by atoms with E-state index in [1.807, 2.05) is 0 Å². The maximum atomic E-state index is 5.80. The summed E-state index contributed by atoms with van der Waals surface area (Å²) in [5, 5.41) is 0. The predicted molar refractivity (Wildman–Crippen MR) is 133 cm³/mol. The molecule has 2 aromatic rings. The van der Waals surface area contributed by atoms with Crippen LogP contribution in [0.2, 0.25) is 0 Å². The lowest BCUT2D eigenvalue weighted by molar-refractivity contribution is 0.309. The lowest BCUT2D eigenvalue weighted by Gasteiger charge is -2.26. The van der Waals surface area contributed by atoms with Gasteiger partial charge in [0.15, 0.2) is 0 Å². The third-order valence-corrected chi connectivity index (χ3v) is 6.54. The molecule has 0 saturated heterocycles. The minimum absolute atomic E-state index is 0.543. The molecule has 0 bridgehead atoms. The van der Waals surface area contributed by atoms with Crippen molar-refractivity contribution in [1.29, 1.82) is 0 Å². The molecule has 1 saturated carbocycles. The second-order valence-electron chi connectivity index (χ2n) is 9.10. The van der Waals surface area contributed by atoms with E-state index in [0.29, 0.717) is 11.8 Å². The van der Waals surface area contributed by atoms with Gasteiger partial charge >= 0.3 is 0 Å². The smallest absolute Gasteiger partial charge is 0.119 e. The molecule has 2 aromatic carbocycles. The Bertz CT molecular complexity index is 798. The number of hydrogen-bond donors (Lipinski definition) is 0. The fourth-order valence-corrected chi connectivity index (χ4v) is 4.44. The van der Waals surface area contributed by atoms with E-state index in [1.54, 1.807) is 0 Å². The van der Waals surface area contributed by atoms with Crippen LogP contribution in [0.3, 0.4) is 0 Å². The average molecular weight is 417 g/mol. The average Bonchev–Trinajstić information content (AvgIpc) is 2.82. The van der Waals surface area contributed by atoms with Crippen LogP contribution in [0.4, 0.5) is 0 Å². The number of ether oxygens (including phenoxy) is 1. The molecule has 1 nitrogen and oxygen atoms in total. The Balaban J connectivity index is 1.42. The van der Waals surface area contributed by atoms with E-state index in [9.17, 15) is 0 Å². The summed E-state index contributed by atoms with van der Waals surface area (Å²) in [6.45, 7) is 5.28. The minimum Gasteiger partial charge on any atom is -0.494 e. The van der Waals surface area contributed by atoms with Crippen molar-refractivity contribution in [3.8, 4) is 17.6 Å². The largest absolute Gasteiger partial charge is 0.494 e. The SMILES string of the molecule is CCCCCCc1ccc(C#C[C@H]2CC[C@H](c3ccc(OCCCC)cc3)CC2)cc1. The second kappa shape index (κ2) is 13.3. The molecule has 1 fully saturated rings. The molecule has 1 aliphatic rings. The van der Waals surface area contributed by atoms with E-state index < -0.39 is 0 Å². The quantitative estimate of drug-likeness (QED) is 0.279. The normalized spacial score (nSPS) is 18.3. The van der Waals surface area contributed by atoms with E-state index in [4.69, 9.17) is 4.74 Å². The molecule has 0 amide bonds. The molecule has 1 heteroatoms. The molecular weight excluding hydrogens is 376 g/mol. The molecule has 0 N–H and O–H groups in total. The number of rotatable bonds is 10. The summed E-state index contributed by atoms with van der Waals surface area (Å²) in [6.07, 6.45) is 13.7. The molecule has 0 radical (unpaired) electrons. The fourth-order valence-electron chi connectivity index (χ4n) is 4.44. The Morgan fingerprint density at radius 1 is 0.774 bits per heavy atom. The second-order valence-corrected chi connectivity index (χ2v) is 9.10. The maximum Gasteiger partial charge on any atom is 0.119 e. The van der Waals surface area contributed by atoms with Crippen molar-refractivity contribution in [3.05, 3.63) is 65.2 Å². The topological polar surface area (TPSA) is 9.23 Å². The summed E-state index contributed by atoms with van der Waals surface area (Å²) >= 11 is 0. The predicted octanol–water partition coefficient (Wildman–Crippen LogP) is 8.31. The van der Waals surface area contributed by atoms with Crippen LogP contribution < -0.4 is 4.74 Å². The molecule has 31 heavy (non-hydrogen) atoms. The molecule has 1 aliphatic carbocycles. The van der Waals surface area contributed by atoms with Crippen LogP contribution in [-0.4, -0.2) is 6.61 Å². The zero-order valence-corrected chi connectivity index (χ0v) is 19.7. The molecule has 0 spiro atoms. The number of benzene rings is 2. The van der Waals surface area contributed by atoms with Gasteiger partial charge < -0.3 is 4.74 Å². The Kier molecular flexibility index (Phi) is 10.0. The van der Waals surface area contributed by atoms with Crippen molar-refractivity contribution in [2.45, 2.75) is 90.4 Å². The van der Waals surface area contributed by atoms with E-state index >= 15 is 0 Å². The highest BCUT2D eigenvalue weighted by atomic mass is 16.5. The Labute approximate surface area is 190 Å². The van der Waals surface area contributed by atoms with Gasteiger partial charge in [-0.05, 0) is 86.3 Å². The van der Waals surface area contributed by atoms with Gasteiger partial charge in [0.25, 0.3) is 0 Å². The van der Waals surface area contributed by atoms with Crippen molar-refractivity contribution in [3.63, 3.8) is 0 Å². The van der Waals surface area contributed by atoms with Gasteiger partial charge in [0.1, 0.15) is 5.75 Å². The monoisotopic (exact) mass is 416 g/mol. The summed E-state index contributed by atoms with van der Waals surface area (Å²) in [5.74, 6) is 9.22. The maximum absolute atomic E-state index is 5.80. The first-order chi connectivity index (χ1) is 15.3. The molecule has 0 aromatic heterocycles. The van der Waals surface area contributed by atoms with Crippen molar-refractivity contribution < 1.29 is 4.74 Å². The van der Waals surface area contributed by atoms with Crippen molar-refractivity contribution in [2.24, 2.45) is 5.92 Å².